The summed E-state index contributed by atoms with van der Waals surface area (Å²) in [6, 6.07) is 1.92. The lowest BCUT2D eigenvalue weighted by molar-refractivity contribution is 0.230. The maximum Gasteiger partial charge on any atom is 0.251 e. The Morgan fingerprint density at radius 2 is 2.08 bits per heavy atom. The van der Waals surface area contributed by atoms with Gasteiger partial charge in [0.2, 0.25) is 0 Å². The molecule has 0 bridgehead atoms. The molecule has 1 saturated heterocycles. The summed E-state index contributed by atoms with van der Waals surface area (Å²) in [5, 5.41) is 0. The first-order chi connectivity index (χ1) is 12.2. The van der Waals surface area contributed by atoms with Crippen LogP contribution >= 0.6 is 0 Å². The number of aromatic amines is 1. The minimum atomic E-state index is -0.0509. The standard InChI is InChI=1S/C19H27N5O/c1-3-13-11-18(25)22-17(20-13)12-24-10-6-9-16(24)19-21-14-7-4-5-8-15(14)23(19)2/h11,16H,3-10,12H2,1-2H3,(H,20,22,25)/t16-/m0/s1. The van der Waals surface area contributed by atoms with Crippen LogP contribution in [-0.4, -0.2) is 31.0 Å². The summed E-state index contributed by atoms with van der Waals surface area (Å²) < 4.78 is 2.33. The lowest BCUT2D eigenvalue weighted by Gasteiger charge is -2.24. The number of imidazole rings is 1. The molecule has 4 rings (SSSR count). The predicted octanol–water partition coefficient (Wildman–Crippen LogP) is 2.28. The van der Waals surface area contributed by atoms with E-state index in [0.717, 1.165) is 43.7 Å². The van der Waals surface area contributed by atoms with E-state index in [2.05, 4.69) is 26.5 Å². The molecular formula is C19H27N5O. The molecule has 1 atom stereocenters. The monoisotopic (exact) mass is 341 g/mol. The Bertz CT molecular complexity index is 822. The van der Waals surface area contributed by atoms with Crippen LogP contribution in [0.2, 0.25) is 0 Å². The van der Waals surface area contributed by atoms with Crippen molar-refractivity contribution in [3.63, 3.8) is 0 Å². The van der Waals surface area contributed by atoms with Crippen molar-refractivity contribution in [2.24, 2.45) is 7.05 Å². The third-order valence-corrected chi connectivity index (χ3v) is 5.63. The normalized spacial score (nSPS) is 20.8. The number of nitrogens with one attached hydrogen (secondary N) is 1. The Balaban J connectivity index is 1.60. The summed E-state index contributed by atoms with van der Waals surface area (Å²) in [6.45, 7) is 3.75. The molecule has 25 heavy (non-hydrogen) atoms. The molecule has 1 fully saturated rings. The zero-order valence-electron chi connectivity index (χ0n) is 15.2. The fourth-order valence-electron chi connectivity index (χ4n) is 4.32. The van der Waals surface area contributed by atoms with Crippen LogP contribution in [0.3, 0.4) is 0 Å². The van der Waals surface area contributed by atoms with Crippen molar-refractivity contribution in [3.05, 3.63) is 45.2 Å². The Labute approximate surface area is 148 Å². The highest BCUT2D eigenvalue weighted by molar-refractivity contribution is 5.22. The first kappa shape index (κ1) is 16.5. The number of hydrogen-bond acceptors (Lipinski definition) is 4. The van der Waals surface area contributed by atoms with E-state index in [1.165, 1.54) is 36.5 Å². The Hall–Kier alpha value is -1.95. The maximum absolute atomic E-state index is 11.9. The molecule has 0 amide bonds. The highest BCUT2D eigenvalue weighted by atomic mass is 16.1. The fourth-order valence-corrected chi connectivity index (χ4v) is 4.32. The second-order valence-electron chi connectivity index (χ2n) is 7.29. The molecule has 2 aromatic rings. The zero-order chi connectivity index (χ0) is 17.4. The molecule has 2 aliphatic rings. The second kappa shape index (κ2) is 6.75. The molecule has 3 heterocycles. The van der Waals surface area contributed by atoms with Crippen LogP contribution < -0.4 is 5.56 Å². The molecule has 0 radical (unpaired) electrons. The molecule has 0 aromatic carbocycles. The molecule has 6 nitrogen and oxygen atoms in total. The molecule has 1 aliphatic heterocycles. The van der Waals surface area contributed by atoms with Gasteiger partial charge in [-0.2, -0.15) is 0 Å². The molecule has 1 N–H and O–H groups in total. The average molecular weight is 341 g/mol. The number of H-pyrrole nitrogens is 1. The van der Waals surface area contributed by atoms with Crippen molar-refractivity contribution >= 4 is 0 Å². The number of nitrogens with zero attached hydrogens (tertiary/aromatic N) is 4. The quantitative estimate of drug-likeness (QED) is 0.926. The molecule has 0 spiro atoms. The van der Waals surface area contributed by atoms with Crippen molar-refractivity contribution in [2.45, 2.75) is 64.5 Å². The SMILES string of the molecule is CCc1cc(=O)[nH]c(CN2CCC[C@H]2c2nc3c(n2C)CCCC3)n1. The Morgan fingerprint density at radius 1 is 1.24 bits per heavy atom. The molecule has 0 saturated carbocycles. The van der Waals surface area contributed by atoms with Gasteiger partial charge in [-0.3, -0.25) is 9.69 Å². The van der Waals surface area contributed by atoms with Crippen molar-refractivity contribution in [3.8, 4) is 0 Å². The van der Waals surface area contributed by atoms with Gasteiger partial charge in [-0.05, 0) is 51.5 Å². The van der Waals surface area contributed by atoms with Gasteiger partial charge >= 0.3 is 0 Å². The number of rotatable bonds is 4. The van der Waals surface area contributed by atoms with Gasteiger partial charge < -0.3 is 9.55 Å². The average Bonchev–Trinajstić information content (AvgIpc) is 3.19. The van der Waals surface area contributed by atoms with Gasteiger partial charge in [0.15, 0.2) is 0 Å². The maximum atomic E-state index is 11.9. The van der Waals surface area contributed by atoms with Crippen LogP contribution in [-0.2, 0) is 32.9 Å². The predicted molar refractivity (Wildman–Crippen MR) is 96.5 cm³/mol. The van der Waals surface area contributed by atoms with E-state index in [9.17, 15) is 4.79 Å². The van der Waals surface area contributed by atoms with Crippen LogP contribution in [0.1, 0.15) is 67.4 Å². The summed E-state index contributed by atoms with van der Waals surface area (Å²) in [6.07, 6.45) is 7.87. The molecule has 2 aromatic heterocycles. The van der Waals surface area contributed by atoms with E-state index in [1.54, 1.807) is 6.07 Å². The fraction of sp³-hybridized carbons (Fsp3) is 0.632. The third kappa shape index (κ3) is 3.15. The van der Waals surface area contributed by atoms with E-state index in [0.29, 0.717) is 12.6 Å². The molecular weight excluding hydrogens is 314 g/mol. The number of aryl methyl sites for hydroxylation is 2. The molecule has 0 unspecified atom stereocenters. The van der Waals surface area contributed by atoms with Gasteiger partial charge in [-0.15, -0.1) is 0 Å². The van der Waals surface area contributed by atoms with Crippen molar-refractivity contribution < 1.29 is 0 Å². The van der Waals surface area contributed by atoms with Crippen LogP contribution in [0.15, 0.2) is 10.9 Å². The summed E-state index contributed by atoms with van der Waals surface area (Å²) in [7, 11) is 2.17. The molecule has 6 heteroatoms. The van der Waals surface area contributed by atoms with Gasteiger partial charge in [0.05, 0.1) is 18.3 Å². The highest BCUT2D eigenvalue weighted by Gasteiger charge is 2.31. The van der Waals surface area contributed by atoms with Gasteiger partial charge in [-0.25, -0.2) is 9.97 Å². The van der Waals surface area contributed by atoms with E-state index in [1.807, 2.05) is 6.92 Å². The van der Waals surface area contributed by atoms with Crippen molar-refractivity contribution in [1.82, 2.24) is 24.4 Å². The number of likely N-dealkylation sites (tertiary alicyclic amines) is 1. The van der Waals surface area contributed by atoms with Gasteiger partial charge in [0.1, 0.15) is 11.6 Å². The van der Waals surface area contributed by atoms with E-state index >= 15 is 0 Å². The number of fused-ring (bicyclic) bond motifs is 1. The largest absolute Gasteiger partial charge is 0.334 e. The van der Waals surface area contributed by atoms with Gasteiger partial charge in [0.25, 0.3) is 5.56 Å². The summed E-state index contributed by atoms with van der Waals surface area (Å²) >= 11 is 0. The number of hydrogen-bond donors (Lipinski definition) is 1. The van der Waals surface area contributed by atoms with Crippen LogP contribution in [0.5, 0.6) is 0 Å². The van der Waals surface area contributed by atoms with Crippen LogP contribution in [0, 0.1) is 0 Å². The summed E-state index contributed by atoms with van der Waals surface area (Å²) in [5.41, 5.74) is 3.54. The van der Waals surface area contributed by atoms with Gasteiger partial charge in [-0.1, -0.05) is 6.92 Å². The Morgan fingerprint density at radius 3 is 2.88 bits per heavy atom. The number of aromatic nitrogens is 4. The minimum Gasteiger partial charge on any atom is -0.334 e. The van der Waals surface area contributed by atoms with Crippen LogP contribution in [0.4, 0.5) is 0 Å². The van der Waals surface area contributed by atoms with Crippen molar-refractivity contribution in [2.75, 3.05) is 6.54 Å². The first-order valence-corrected chi connectivity index (χ1v) is 9.53. The summed E-state index contributed by atoms with van der Waals surface area (Å²) in [5.74, 6) is 1.97. The lowest BCUT2D eigenvalue weighted by atomic mass is 10.0. The highest BCUT2D eigenvalue weighted by Crippen LogP contribution is 2.34. The minimum absolute atomic E-state index is 0.0509. The van der Waals surface area contributed by atoms with E-state index in [-0.39, 0.29) is 5.56 Å². The van der Waals surface area contributed by atoms with E-state index < -0.39 is 0 Å². The molecule has 1 aliphatic carbocycles. The third-order valence-electron chi connectivity index (χ3n) is 5.63. The molecule has 134 valence electrons. The zero-order valence-corrected chi connectivity index (χ0v) is 15.2. The van der Waals surface area contributed by atoms with Crippen molar-refractivity contribution in [1.29, 1.82) is 0 Å². The van der Waals surface area contributed by atoms with E-state index in [4.69, 9.17) is 4.98 Å². The smallest absolute Gasteiger partial charge is 0.251 e. The first-order valence-electron chi connectivity index (χ1n) is 9.53. The van der Waals surface area contributed by atoms with Crippen LogP contribution in [0.25, 0.3) is 0 Å². The Kier molecular flexibility index (Phi) is 4.46. The van der Waals surface area contributed by atoms with Gasteiger partial charge in [0, 0.05) is 24.5 Å². The second-order valence-corrected chi connectivity index (χ2v) is 7.29. The topological polar surface area (TPSA) is 66.8 Å². The lowest BCUT2D eigenvalue weighted by Crippen LogP contribution is -2.27. The summed E-state index contributed by atoms with van der Waals surface area (Å²) in [4.78, 5) is 26.8.